The van der Waals surface area contributed by atoms with E-state index in [1.54, 1.807) is 11.3 Å². The minimum absolute atomic E-state index is 1.03. The molecule has 0 aliphatic rings. The van der Waals surface area contributed by atoms with E-state index in [4.69, 9.17) is 4.98 Å². The molecule has 0 N–H and O–H groups in total. The van der Waals surface area contributed by atoms with Crippen molar-refractivity contribution in [2.75, 3.05) is 0 Å². The van der Waals surface area contributed by atoms with E-state index in [9.17, 15) is 0 Å². The highest BCUT2D eigenvalue weighted by atomic mass is 32.1. The van der Waals surface area contributed by atoms with Gasteiger partial charge in [0, 0.05) is 10.9 Å². The van der Waals surface area contributed by atoms with E-state index in [2.05, 4.69) is 66.0 Å². The third kappa shape index (κ3) is 2.24. The van der Waals surface area contributed by atoms with E-state index in [1.807, 2.05) is 12.1 Å². The number of pyridine rings is 1. The van der Waals surface area contributed by atoms with Crippen molar-refractivity contribution in [3.8, 4) is 22.4 Å². The van der Waals surface area contributed by atoms with Crippen molar-refractivity contribution in [1.29, 1.82) is 0 Å². The molecule has 0 bridgehead atoms. The topological polar surface area (TPSA) is 12.9 Å². The van der Waals surface area contributed by atoms with Gasteiger partial charge < -0.3 is 0 Å². The quantitative estimate of drug-likeness (QED) is 0.465. The molecule has 0 amide bonds. The monoisotopic (exact) mass is 287 g/mol. The van der Waals surface area contributed by atoms with Crippen molar-refractivity contribution >= 4 is 21.6 Å². The molecule has 0 unspecified atom stereocenters. The van der Waals surface area contributed by atoms with Crippen LogP contribution in [0, 0.1) is 0 Å². The summed E-state index contributed by atoms with van der Waals surface area (Å²) in [5.41, 5.74) is 4.68. The van der Waals surface area contributed by atoms with E-state index >= 15 is 0 Å². The SMILES string of the molecule is c1ccc(-c2cc(-c3ccccc3)c3ccsc3n2)cc1. The Hall–Kier alpha value is -2.45. The summed E-state index contributed by atoms with van der Waals surface area (Å²) < 4.78 is 0. The molecule has 0 radical (unpaired) electrons. The van der Waals surface area contributed by atoms with Crippen LogP contribution < -0.4 is 0 Å². The van der Waals surface area contributed by atoms with E-state index in [-0.39, 0.29) is 0 Å². The summed E-state index contributed by atoms with van der Waals surface area (Å²) in [5.74, 6) is 0. The van der Waals surface area contributed by atoms with Crippen LogP contribution in [0.2, 0.25) is 0 Å². The molecule has 4 rings (SSSR count). The Kier molecular flexibility index (Phi) is 3.02. The highest BCUT2D eigenvalue weighted by Crippen LogP contribution is 2.34. The number of aromatic nitrogens is 1. The van der Waals surface area contributed by atoms with Crippen LogP contribution in [-0.4, -0.2) is 4.98 Å². The molecule has 100 valence electrons. The summed E-state index contributed by atoms with van der Waals surface area (Å²) in [6, 6.07) is 25.2. The minimum Gasteiger partial charge on any atom is -0.237 e. The Morgan fingerprint density at radius 3 is 2.10 bits per heavy atom. The van der Waals surface area contributed by atoms with Gasteiger partial charge in [-0.3, -0.25) is 0 Å². The number of thiophene rings is 1. The lowest BCUT2D eigenvalue weighted by atomic mass is 10.0. The second kappa shape index (κ2) is 5.15. The Bertz CT molecular complexity index is 879. The standard InChI is InChI=1S/C19H13NS/c1-3-7-14(8-4-1)17-13-18(15-9-5-2-6-10-15)20-19-16(17)11-12-21-19/h1-13H. The van der Waals surface area contributed by atoms with Crippen LogP contribution >= 0.6 is 11.3 Å². The van der Waals surface area contributed by atoms with E-state index in [0.717, 1.165) is 16.1 Å². The van der Waals surface area contributed by atoms with Crippen molar-refractivity contribution in [3.05, 3.63) is 78.2 Å². The molecule has 0 aliphatic carbocycles. The van der Waals surface area contributed by atoms with Crippen LogP contribution in [-0.2, 0) is 0 Å². The number of hydrogen-bond acceptors (Lipinski definition) is 2. The first-order chi connectivity index (χ1) is 10.4. The normalized spacial score (nSPS) is 10.9. The second-order valence-corrected chi connectivity index (χ2v) is 5.82. The molecule has 0 saturated carbocycles. The second-order valence-electron chi connectivity index (χ2n) is 4.93. The maximum Gasteiger partial charge on any atom is 0.124 e. The average Bonchev–Trinajstić information content (AvgIpc) is 3.04. The number of benzene rings is 2. The van der Waals surface area contributed by atoms with Gasteiger partial charge in [-0.05, 0) is 28.6 Å². The molecular weight excluding hydrogens is 274 g/mol. The van der Waals surface area contributed by atoms with Gasteiger partial charge in [-0.2, -0.15) is 0 Å². The largest absolute Gasteiger partial charge is 0.237 e. The maximum absolute atomic E-state index is 4.81. The average molecular weight is 287 g/mol. The molecule has 0 spiro atoms. The van der Waals surface area contributed by atoms with Crippen LogP contribution in [0.1, 0.15) is 0 Å². The fourth-order valence-corrected chi connectivity index (χ4v) is 3.35. The molecule has 2 heterocycles. The van der Waals surface area contributed by atoms with Gasteiger partial charge >= 0.3 is 0 Å². The number of nitrogens with zero attached hydrogens (tertiary/aromatic N) is 1. The predicted molar refractivity (Wildman–Crippen MR) is 90.5 cm³/mol. The van der Waals surface area contributed by atoms with Gasteiger partial charge in [0.05, 0.1) is 5.69 Å². The molecule has 0 aliphatic heterocycles. The van der Waals surface area contributed by atoms with Gasteiger partial charge in [-0.25, -0.2) is 4.98 Å². The van der Waals surface area contributed by atoms with Crippen molar-refractivity contribution < 1.29 is 0 Å². The highest BCUT2D eigenvalue weighted by molar-refractivity contribution is 7.16. The fourth-order valence-electron chi connectivity index (χ4n) is 2.56. The summed E-state index contributed by atoms with van der Waals surface area (Å²) in [5, 5.41) is 3.34. The number of fused-ring (bicyclic) bond motifs is 1. The van der Waals surface area contributed by atoms with Crippen LogP contribution in [0.15, 0.2) is 78.2 Å². The lowest BCUT2D eigenvalue weighted by Crippen LogP contribution is -1.86. The molecule has 4 aromatic rings. The zero-order chi connectivity index (χ0) is 14.1. The van der Waals surface area contributed by atoms with Crippen LogP contribution in [0.5, 0.6) is 0 Å². The first-order valence-electron chi connectivity index (χ1n) is 6.91. The molecule has 2 heteroatoms. The number of hydrogen-bond donors (Lipinski definition) is 0. The van der Waals surface area contributed by atoms with Gasteiger partial charge in [0.25, 0.3) is 0 Å². The summed E-state index contributed by atoms with van der Waals surface area (Å²) in [6.45, 7) is 0. The minimum atomic E-state index is 1.03. The van der Waals surface area contributed by atoms with Crippen LogP contribution in [0.4, 0.5) is 0 Å². The summed E-state index contributed by atoms with van der Waals surface area (Å²) in [4.78, 5) is 5.90. The predicted octanol–water partition coefficient (Wildman–Crippen LogP) is 5.63. The summed E-state index contributed by atoms with van der Waals surface area (Å²) in [6.07, 6.45) is 0. The first kappa shape index (κ1) is 12.3. The van der Waals surface area contributed by atoms with E-state index < -0.39 is 0 Å². The zero-order valence-corrected chi connectivity index (χ0v) is 12.2. The lowest BCUT2D eigenvalue weighted by Gasteiger charge is -2.07. The Morgan fingerprint density at radius 2 is 1.38 bits per heavy atom. The molecule has 1 nitrogen and oxygen atoms in total. The van der Waals surface area contributed by atoms with Gasteiger partial charge in [0.15, 0.2) is 0 Å². The molecule has 2 aromatic carbocycles. The summed E-state index contributed by atoms with van der Waals surface area (Å²) >= 11 is 1.69. The van der Waals surface area contributed by atoms with Gasteiger partial charge in [-0.1, -0.05) is 60.7 Å². The van der Waals surface area contributed by atoms with Crippen LogP contribution in [0.25, 0.3) is 32.6 Å². The van der Waals surface area contributed by atoms with Gasteiger partial charge in [-0.15, -0.1) is 11.3 Å². The van der Waals surface area contributed by atoms with Crippen molar-refractivity contribution in [2.24, 2.45) is 0 Å². The molecule has 0 atom stereocenters. The molecule has 21 heavy (non-hydrogen) atoms. The third-order valence-corrected chi connectivity index (χ3v) is 4.40. The third-order valence-electron chi connectivity index (χ3n) is 3.59. The Labute approximate surface area is 127 Å². The molecular formula is C19H13NS. The Morgan fingerprint density at radius 1 is 0.714 bits per heavy atom. The van der Waals surface area contributed by atoms with Crippen molar-refractivity contribution in [1.82, 2.24) is 4.98 Å². The first-order valence-corrected chi connectivity index (χ1v) is 7.79. The highest BCUT2D eigenvalue weighted by Gasteiger charge is 2.09. The number of rotatable bonds is 2. The van der Waals surface area contributed by atoms with Crippen LogP contribution in [0.3, 0.4) is 0 Å². The lowest BCUT2D eigenvalue weighted by molar-refractivity contribution is 1.42. The van der Waals surface area contributed by atoms with Gasteiger partial charge in [0.2, 0.25) is 0 Å². The fraction of sp³-hybridized carbons (Fsp3) is 0. The van der Waals surface area contributed by atoms with E-state index in [0.29, 0.717) is 0 Å². The smallest absolute Gasteiger partial charge is 0.124 e. The molecule has 0 fully saturated rings. The van der Waals surface area contributed by atoms with Gasteiger partial charge in [0.1, 0.15) is 4.83 Å². The Balaban J connectivity index is 2.00. The maximum atomic E-state index is 4.81. The molecule has 0 saturated heterocycles. The summed E-state index contributed by atoms with van der Waals surface area (Å²) in [7, 11) is 0. The van der Waals surface area contributed by atoms with Crippen molar-refractivity contribution in [2.45, 2.75) is 0 Å². The van der Waals surface area contributed by atoms with Crippen molar-refractivity contribution in [3.63, 3.8) is 0 Å². The zero-order valence-electron chi connectivity index (χ0n) is 11.4. The molecule has 2 aromatic heterocycles. The van der Waals surface area contributed by atoms with E-state index in [1.165, 1.54) is 16.5 Å².